The van der Waals surface area contributed by atoms with Crippen LogP contribution < -0.4 is 9.62 Å². The lowest BCUT2D eigenvalue weighted by Gasteiger charge is -2.24. The molecule has 0 aliphatic rings. The first-order valence-electron chi connectivity index (χ1n) is 8.25. The van der Waals surface area contributed by atoms with E-state index in [-0.39, 0.29) is 4.90 Å². The third kappa shape index (κ3) is 4.84. The SMILES string of the molecule is O=C(CN(c1ccccc1)S(=O)(=O)c1ccccc1)Nc1cc(Cl)cc(Cl)c1. The summed E-state index contributed by atoms with van der Waals surface area (Å²) in [5.41, 5.74) is 0.762. The molecule has 0 fully saturated rings. The molecular formula is C20H16Cl2N2O3S. The molecule has 0 atom stereocenters. The highest BCUT2D eigenvalue weighted by molar-refractivity contribution is 7.92. The molecule has 0 aliphatic carbocycles. The van der Waals surface area contributed by atoms with Crippen molar-refractivity contribution in [1.29, 1.82) is 0 Å². The van der Waals surface area contributed by atoms with E-state index in [0.717, 1.165) is 4.31 Å². The molecule has 0 aliphatic heterocycles. The zero-order valence-electron chi connectivity index (χ0n) is 14.5. The maximum atomic E-state index is 13.1. The fourth-order valence-electron chi connectivity index (χ4n) is 2.59. The van der Waals surface area contributed by atoms with Gasteiger partial charge in [-0.2, -0.15) is 0 Å². The van der Waals surface area contributed by atoms with Gasteiger partial charge in [0.05, 0.1) is 10.6 Å². The number of carbonyl (C=O) groups excluding carboxylic acids is 1. The Morgan fingerprint density at radius 3 is 1.96 bits per heavy atom. The number of carbonyl (C=O) groups is 1. The van der Waals surface area contributed by atoms with E-state index in [1.54, 1.807) is 48.5 Å². The van der Waals surface area contributed by atoms with E-state index in [9.17, 15) is 13.2 Å². The minimum absolute atomic E-state index is 0.0949. The Hall–Kier alpha value is -2.54. The molecule has 144 valence electrons. The van der Waals surface area contributed by atoms with Gasteiger partial charge in [0, 0.05) is 15.7 Å². The van der Waals surface area contributed by atoms with Crippen LogP contribution in [0.4, 0.5) is 11.4 Å². The number of nitrogens with one attached hydrogen (secondary N) is 1. The number of nitrogens with zero attached hydrogens (tertiary/aromatic N) is 1. The van der Waals surface area contributed by atoms with Gasteiger partial charge in [-0.1, -0.05) is 59.6 Å². The van der Waals surface area contributed by atoms with Gasteiger partial charge in [0.25, 0.3) is 10.0 Å². The van der Waals surface area contributed by atoms with Crippen molar-refractivity contribution >= 4 is 50.5 Å². The second kappa shape index (κ2) is 8.65. The summed E-state index contributed by atoms with van der Waals surface area (Å²) in [7, 11) is -3.94. The van der Waals surface area contributed by atoms with Gasteiger partial charge in [-0.3, -0.25) is 9.10 Å². The molecule has 5 nitrogen and oxygen atoms in total. The van der Waals surface area contributed by atoms with Gasteiger partial charge in [0.2, 0.25) is 5.91 Å². The summed E-state index contributed by atoms with van der Waals surface area (Å²) in [4.78, 5) is 12.7. The third-order valence-corrected chi connectivity index (χ3v) is 6.03. The average Bonchev–Trinajstić information content (AvgIpc) is 2.66. The minimum Gasteiger partial charge on any atom is -0.324 e. The molecule has 0 radical (unpaired) electrons. The van der Waals surface area contributed by atoms with E-state index in [0.29, 0.717) is 21.4 Å². The average molecular weight is 435 g/mol. The van der Waals surface area contributed by atoms with Crippen molar-refractivity contribution < 1.29 is 13.2 Å². The van der Waals surface area contributed by atoms with Gasteiger partial charge in [0.1, 0.15) is 6.54 Å². The maximum Gasteiger partial charge on any atom is 0.264 e. The molecule has 3 aromatic carbocycles. The minimum atomic E-state index is -3.94. The first kappa shape index (κ1) is 20.2. The summed E-state index contributed by atoms with van der Waals surface area (Å²) in [6, 6.07) is 21.0. The van der Waals surface area contributed by atoms with Crippen LogP contribution in [0.3, 0.4) is 0 Å². The number of para-hydroxylation sites is 1. The van der Waals surface area contributed by atoms with Gasteiger partial charge >= 0.3 is 0 Å². The van der Waals surface area contributed by atoms with Crippen molar-refractivity contribution in [2.75, 3.05) is 16.2 Å². The Kier molecular flexibility index (Phi) is 6.24. The summed E-state index contributed by atoms with van der Waals surface area (Å²) in [6.07, 6.45) is 0. The van der Waals surface area contributed by atoms with Crippen LogP contribution in [-0.2, 0) is 14.8 Å². The lowest BCUT2D eigenvalue weighted by Crippen LogP contribution is -2.38. The number of halogens is 2. The van der Waals surface area contributed by atoms with Crippen LogP contribution >= 0.6 is 23.2 Å². The van der Waals surface area contributed by atoms with Crippen molar-refractivity contribution in [3.8, 4) is 0 Å². The number of hydrogen-bond acceptors (Lipinski definition) is 3. The number of sulfonamides is 1. The van der Waals surface area contributed by atoms with Crippen LogP contribution in [0.25, 0.3) is 0 Å². The van der Waals surface area contributed by atoms with Crippen molar-refractivity contribution in [3.63, 3.8) is 0 Å². The quantitative estimate of drug-likeness (QED) is 0.603. The summed E-state index contributed by atoms with van der Waals surface area (Å²) in [5.74, 6) is -0.526. The van der Waals surface area contributed by atoms with E-state index in [2.05, 4.69) is 5.32 Å². The molecule has 1 N–H and O–H groups in total. The molecule has 0 spiro atoms. The van der Waals surface area contributed by atoms with Crippen molar-refractivity contribution in [2.24, 2.45) is 0 Å². The van der Waals surface area contributed by atoms with Gasteiger partial charge in [-0.15, -0.1) is 0 Å². The molecule has 0 saturated heterocycles. The maximum absolute atomic E-state index is 13.1. The number of benzene rings is 3. The van der Waals surface area contributed by atoms with Crippen LogP contribution in [0, 0.1) is 0 Å². The molecule has 0 bridgehead atoms. The van der Waals surface area contributed by atoms with E-state index in [1.165, 1.54) is 30.3 Å². The molecule has 0 heterocycles. The Balaban J connectivity index is 1.91. The second-order valence-corrected chi connectivity index (χ2v) is 8.60. The smallest absolute Gasteiger partial charge is 0.264 e. The number of hydrogen-bond donors (Lipinski definition) is 1. The van der Waals surface area contributed by atoms with Gasteiger partial charge in [-0.25, -0.2) is 8.42 Å². The first-order chi connectivity index (χ1) is 13.4. The molecular weight excluding hydrogens is 419 g/mol. The lowest BCUT2D eigenvalue weighted by atomic mass is 10.3. The highest BCUT2D eigenvalue weighted by Crippen LogP contribution is 2.25. The highest BCUT2D eigenvalue weighted by Gasteiger charge is 2.27. The van der Waals surface area contributed by atoms with Gasteiger partial charge in [0.15, 0.2) is 0 Å². The third-order valence-electron chi connectivity index (χ3n) is 3.81. The zero-order valence-corrected chi connectivity index (χ0v) is 16.9. The normalized spacial score (nSPS) is 11.1. The van der Waals surface area contributed by atoms with E-state index in [1.807, 2.05) is 0 Å². The first-order valence-corrected chi connectivity index (χ1v) is 10.4. The molecule has 1 amide bonds. The molecule has 3 rings (SSSR count). The Morgan fingerprint density at radius 2 is 1.39 bits per heavy atom. The van der Waals surface area contributed by atoms with E-state index >= 15 is 0 Å². The summed E-state index contributed by atoms with van der Waals surface area (Å²) >= 11 is 11.9. The Morgan fingerprint density at radius 1 is 0.857 bits per heavy atom. The topological polar surface area (TPSA) is 66.5 Å². The zero-order chi connectivity index (χ0) is 20.1. The number of rotatable bonds is 6. The summed E-state index contributed by atoms with van der Waals surface area (Å²) in [6.45, 7) is -0.411. The molecule has 0 saturated carbocycles. The summed E-state index contributed by atoms with van der Waals surface area (Å²) < 4.78 is 27.3. The van der Waals surface area contributed by atoms with Crippen molar-refractivity contribution in [3.05, 3.63) is 88.9 Å². The molecule has 3 aromatic rings. The lowest BCUT2D eigenvalue weighted by molar-refractivity contribution is -0.114. The van der Waals surface area contributed by atoms with E-state index in [4.69, 9.17) is 23.2 Å². The second-order valence-electron chi connectivity index (χ2n) is 5.87. The molecule has 8 heteroatoms. The summed E-state index contributed by atoms with van der Waals surface area (Å²) in [5, 5.41) is 3.35. The largest absolute Gasteiger partial charge is 0.324 e. The molecule has 0 aromatic heterocycles. The molecule has 0 unspecified atom stereocenters. The van der Waals surface area contributed by atoms with Gasteiger partial charge < -0.3 is 5.32 Å². The Labute approximate surface area is 173 Å². The van der Waals surface area contributed by atoms with Crippen LogP contribution in [0.1, 0.15) is 0 Å². The standard InChI is InChI=1S/C20H16Cl2N2O3S/c21-15-11-16(22)13-17(12-15)23-20(25)14-24(18-7-3-1-4-8-18)28(26,27)19-9-5-2-6-10-19/h1-13H,14H2,(H,23,25). The monoisotopic (exact) mass is 434 g/mol. The predicted molar refractivity (Wildman–Crippen MR) is 113 cm³/mol. The van der Waals surface area contributed by atoms with Crippen LogP contribution in [0.2, 0.25) is 10.0 Å². The van der Waals surface area contributed by atoms with Crippen molar-refractivity contribution in [1.82, 2.24) is 0 Å². The predicted octanol–water partition coefficient (Wildman–Crippen LogP) is 4.83. The van der Waals surface area contributed by atoms with Crippen LogP contribution in [0.15, 0.2) is 83.8 Å². The molecule has 28 heavy (non-hydrogen) atoms. The number of anilines is 2. The Bertz CT molecular complexity index is 1050. The number of amides is 1. The van der Waals surface area contributed by atoms with Crippen LogP contribution in [0.5, 0.6) is 0 Å². The van der Waals surface area contributed by atoms with E-state index < -0.39 is 22.5 Å². The van der Waals surface area contributed by atoms with Crippen molar-refractivity contribution in [2.45, 2.75) is 4.90 Å². The fraction of sp³-hybridized carbons (Fsp3) is 0.0500. The fourth-order valence-corrected chi connectivity index (χ4v) is 4.55. The highest BCUT2D eigenvalue weighted by atomic mass is 35.5. The van der Waals surface area contributed by atoms with Gasteiger partial charge in [-0.05, 0) is 42.5 Å². The van der Waals surface area contributed by atoms with Crippen LogP contribution in [-0.4, -0.2) is 20.9 Å².